The number of carbonyl (C=O) groups is 1. The summed E-state index contributed by atoms with van der Waals surface area (Å²) in [6, 6.07) is 2.18. The summed E-state index contributed by atoms with van der Waals surface area (Å²) in [6.45, 7) is 11.0. The summed E-state index contributed by atoms with van der Waals surface area (Å²) in [5, 5.41) is 8.44. The number of hydrogen-bond acceptors (Lipinski definition) is 5. The lowest BCUT2D eigenvalue weighted by Crippen LogP contribution is -2.52. The van der Waals surface area contributed by atoms with E-state index >= 15 is 0 Å². The van der Waals surface area contributed by atoms with Crippen LogP contribution in [0.4, 0.5) is 0 Å². The van der Waals surface area contributed by atoms with Crippen LogP contribution in [-0.4, -0.2) is 46.6 Å². The highest BCUT2D eigenvalue weighted by Gasteiger charge is 2.32. The van der Waals surface area contributed by atoms with Gasteiger partial charge in [0.2, 0.25) is 0 Å². The largest absolute Gasteiger partial charge is 0.336 e. The van der Waals surface area contributed by atoms with Gasteiger partial charge in [-0.1, -0.05) is 25.9 Å². The first kappa shape index (κ1) is 17.5. The lowest BCUT2D eigenvalue weighted by molar-refractivity contribution is 0.0657. The van der Waals surface area contributed by atoms with Crippen LogP contribution in [0.2, 0.25) is 0 Å². The molecule has 26 heavy (non-hydrogen) atoms. The van der Waals surface area contributed by atoms with Crippen molar-refractivity contribution in [3.8, 4) is 0 Å². The Morgan fingerprint density at radius 3 is 2.81 bits per heavy atom. The highest BCUT2D eigenvalue weighted by atomic mass is 16.5. The number of pyridine rings is 1. The lowest BCUT2D eigenvalue weighted by atomic mass is 9.89. The highest BCUT2D eigenvalue weighted by Crippen LogP contribution is 2.41. The second kappa shape index (κ2) is 6.34. The van der Waals surface area contributed by atoms with Crippen LogP contribution in [0, 0.1) is 5.41 Å². The molecule has 1 aliphatic heterocycles. The lowest BCUT2D eigenvalue weighted by Gasteiger charge is -2.34. The van der Waals surface area contributed by atoms with E-state index in [4.69, 9.17) is 4.52 Å². The van der Waals surface area contributed by atoms with Crippen LogP contribution in [0.1, 0.15) is 68.2 Å². The van der Waals surface area contributed by atoms with E-state index in [0.717, 1.165) is 55.7 Å². The Morgan fingerprint density at radius 2 is 2.15 bits per heavy atom. The molecule has 2 fully saturated rings. The molecule has 6 nitrogen and oxygen atoms in total. The fourth-order valence-electron chi connectivity index (χ4n) is 3.71. The third kappa shape index (κ3) is 3.34. The highest BCUT2D eigenvalue weighted by molar-refractivity contribution is 6.06. The maximum atomic E-state index is 13.4. The predicted molar refractivity (Wildman–Crippen MR) is 100 cm³/mol. The SMILES string of the molecule is C[C@@H]1CNCCN1C(=O)c1cc(C2CC2)nc2onc(CC(C)(C)C)c12. The summed E-state index contributed by atoms with van der Waals surface area (Å²) in [5.41, 5.74) is 3.10. The number of nitrogens with zero attached hydrogens (tertiary/aromatic N) is 3. The first-order valence-electron chi connectivity index (χ1n) is 9.64. The molecule has 0 unspecified atom stereocenters. The van der Waals surface area contributed by atoms with Gasteiger partial charge in [-0.05, 0) is 37.7 Å². The van der Waals surface area contributed by atoms with E-state index in [1.807, 2.05) is 11.0 Å². The van der Waals surface area contributed by atoms with Crippen molar-refractivity contribution < 1.29 is 9.32 Å². The molecule has 1 N–H and O–H groups in total. The molecule has 0 bridgehead atoms. The van der Waals surface area contributed by atoms with E-state index in [2.05, 4.69) is 43.2 Å². The van der Waals surface area contributed by atoms with Crippen molar-refractivity contribution in [1.82, 2.24) is 20.4 Å². The maximum absolute atomic E-state index is 13.4. The van der Waals surface area contributed by atoms with E-state index in [1.54, 1.807) is 0 Å². The Hall–Kier alpha value is -1.95. The van der Waals surface area contributed by atoms with Crippen molar-refractivity contribution in [2.75, 3.05) is 19.6 Å². The summed E-state index contributed by atoms with van der Waals surface area (Å²) >= 11 is 0. The van der Waals surface area contributed by atoms with Crippen LogP contribution in [0.15, 0.2) is 10.6 Å². The van der Waals surface area contributed by atoms with Crippen molar-refractivity contribution >= 4 is 17.0 Å². The number of amides is 1. The molecule has 2 aliphatic rings. The summed E-state index contributed by atoms with van der Waals surface area (Å²) in [6.07, 6.45) is 3.03. The van der Waals surface area contributed by atoms with Gasteiger partial charge in [0.15, 0.2) is 0 Å². The fraction of sp³-hybridized carbons (Fsp3) is 0.650. The van der Waals surface area contributed by atoms with Gasteiger partial charge in [0.25, 0.3) is 11.6 Å². The Kier molecular flexibility index (Phi) is 4.26. The van der Waals surface area contributed by atoms with Gasteiger partial charge in [-0.2, -0.15) is 0 Å². The quantitative estimate of drug-likeness (QED) is 0.915. The average molecular weight is 356 g/mol. The standard InChI is InChI=1S/C20H28N4O2/c1-12-11-21-7-8-24(12)19(25)14-9-15(13-5-6-13)22-18-17(14)16(23-26-18)10-20(2,3)4/h9,12-13,21H,5-8,10-11H2,1-4H3/t12-/m1/s1. The molecule has 0 aromatic carbocycles. The Morgan fingerprint density at radius 1 is 1.38 bits per heavy atom. The van der Waals surface area contributed by atoms with E-state index < -0.39 is 0 Å². The van der Waals surface area contributed by atoms with Gasteiger partial charge < -0.3 is 14.7 Å². The zero-order valence-electron chi connectivity index (χ0n) is 16.1. The van der Waals surface area contributed by atoms with Crippen molar-refractivity contribution in [3.05, 3.63) is 23.0 Å². The number of hydrogen-bond donors (Lipinski definition) is 1. The fourth-order valence-corrected chi connectivity index (χ4v) is 3.71. The van der Waals surface area contributed by atoms with Gasteiger partial charge in [0.05, 0.1) is 16.6 Å². The van der Waals surface area contributed by atoms with Gasteiger partial charge in [0.1, 0.15) is 0 Å². The predicted octanol–water partition coefficient (Wildman–Crippen LogP) is 3.12. The molecule has 1 aliphatic carbocycles. The van der Waals surface area contributed by atoms with Crippen molar-refractivity contribution in [1.29, 1.82) is 0 Å². The molecule has 1 saturated heterocycles. The summed E-state index contributed by atoms with van der Waals surface area (Å²) < 4.78 is 5.57. The summed E-state index contributed by atoms with van der Waals surface area (Å²) in [7, 11) is 0. The molecule has 1 atom stereocenters. The average Bonchev–Trinajstić information content (AvgIpc) is 3.36. The van der Waals surface area contributed by atoms with Crippen LogP contribution in [0.3, 0.4) is 0 Å². The molecular weight excluding hydrogens is 328 g/mol. The van der Waals surface area contributed by atoms with Crippen LogP contribution >= 0.6 is 0 Å². The van der Waals surface area contributed by atoms with E-state index in [-0.39, 0.29) is 17.4 Å². The smallest absolute Gasteiger partial charge is 0.259 e. The minimum absolute atomic E-state index is 0.0572. The van der Waals surface area contributed by atoms with Crippen molar-refractivity contribution in [2.45, 2.75) is 58.9 Å². The Labute approximate surface area is 154 Å². The number of fused-ring (bicyclic) bond motifs is 1. The third-order valence-corrected chi connectivity index (χ3v) is 5.22. The topological polar surface area (TPSA) is 71.3 Å². The molecule has 4 rings (SSSR count). The molecule has 1 amide bonds. The number of rotatable bonds is 3. The first-order chi connectivity index (χ1) is 12.3. The minimum atomic E-state index is 0.0572. The van der Waals surface area contributed by atoms with Crippen LogP contribution in [-0.2, 0) is 6.42 Å². The molecule has 0 spiro atoms. The van der Waals surface area contributed by atoms with Crippen LogP contribution < -0.4 is 5.32 Å². The normalized spacial score (nSPS) is 21.4. The third-order valence-electron chi connectivity index (χ3n) is 5.22. The number of aromatic nitrogens is 2. The molecule has 2 aromatic rings. The molecule has 1 saturated carbocycles. The summed E-state index contributed by atoms with van der Waals surface area (Å²) in [5.74, 6) is 0.536. The molecule has 6 heteroatoms. The van der Waals surface area contributed by atoms with Crippen LogP contribution in [0.5, 0.6) is 0 Å². The Bertz CT molecular complexity index is 832. The zero-order chi connectivity index (χ0) is 18.5. The van der Waals surface area contributed by atoms with Crippen molar-refractivity contribution in [3.63, 3.8) is 0 Å². The van der Waals surface area contributed by atoms with Gasteiger partial charge in [-0.25, -0.2) is 4.98 Å². The van der Waals surface area contributed by atoms with E-state index in [1.165, 1.54) is 0 Å². The summed E-state index contributed by atoms with van der Waals surface area (Å²) in [4.78, 5) is 20.1. The molecule has 3 heterocycles. The minimum Gasteiger partial charge on any atom is -0.336 e. The molecule has 140 valence electrons. The number of carbonyl (C=O) groups excluding carboxylic acids is 1. The number of piperazine rings is 1. The second-order valence-electron chi connectivity index (χ2n) is 8.97. The van der Waals surface area contributed by atoms with Gasteiger partial charge in [0, 0.05) is 37.3 Å². The van der Waals surface area contributed by atoms with Gasteiger partial charge >= 0.3 is 0 Å². The Balaban J connectivity index is 1.81. The van der Waals surface area contributed by atoms with Crippen molar-refractivity contribution in [2.24, 2.45) is 5.41 Å². The second-order valence-corrected chi connectivity index (χ2v) is 8.97. The van der Waals surface area contributed by atoms with E-state index in [9.17, 15) is 4.79 Å². The molecule has 0 radical (unpaired) electrons. The number of nitrogens with one attached hydrogen (secondary N) is 1. The van der Waals surface area contributed by atoms with Gasteiger partial charge in [-0.15, -0.1) is 0 Å². The van der Waals surface area contributed by atoms with Gasteiger partial charge in [-0.3, -0.25) is 4.79 Å². The first-order valence-corrected chi connectivity index (χ1v) is 9.64. The monoisotopic (exact) mass is 356 g/mol. The molecular formula is C20H28N4O2. The maximum Gasteiger partial charge on any atom is 0.259 e. The van der Waals surface area contributed by atoms with Crippen LogP contribution in [0.25, 0.3) is 11.1 Å². The van der Waals surface area contributed by atoms with E-state index in [0.29, 0.717) is 17.2 Å². The zero-order valence-corrected chi connectivity index (χ0v) is 16.1. The molecule has 2 aromatic heterocycles.